The van der Waals surface area contributed by atoms with Crippen LogP contribution in [0.2, 0.25) is 0 Å². The van der Waals surface area contributed by atoms with Gasteiger partial charge >= 0.3 is 0 Å². The highest BCUT2D eigenvalue weighted by Crippen LogP contribution is 2.37. The number of nitrogens with two attached hydrogens (primary N) is 1. The van der Waals surface area contributed by atoms with E-state index in [2.05, 4.69) is 4.72 Å². The van der Waals surface area contributed by atoms with Crippen LogP contribution in [-0.2, 0) is 10.0 Å². The van der Waals surface area contributed by atoms with Gasteiger partial charge in [-0.15, -0.1) is 0 Å². The predicted molar refractivity (Wildman–Crippen MR) is 78.8 cm³/mol. The van der Waals surface area contributed by atoms with Gasteiger partial charge in [0, 0.05) is 18.6 Å². The van der Waals surface area contributed by atoms with E-state index in [0.717, 1.165) is 6.42 Å². The molecule has 1 aromatic carbocycles. The summed E-state index contributed by atoms with van der Waals surface area (Å²) in [4.78, 5) is 0. The van der Waals surface area contributed by atoms with Gasteiger partial charge in [-0.05, 0) is 20.8 Å². The molecule has 0 atom stereocenters. The summed E-state index contributed by atoms with van der Waals surface area (Å²) in [6.45, 7) is 5.94. The van der Waals surface area contributed by atoms with Gasteiger partial charge in [0.05, 0.1) is 29.3 Å². The van der Waals surface area contributed by atoms with E-state index in [9.17, 15) is 8.42 Å². The molecule has 1 aliphatic heterocycles. The fraction of sp³-hybridized carbons (Fsp3) is 0.538. The van der Waals surface area contributed by atoms with Crippen LogP contribution in [0.3, 0.4) is 0 Å². The summed E-state index contributed by atoms with van der Waals surface area (Å²) in [7, 11) is -3.54. The molecule has 1 aromatic rings. The molecule has 1 heterocycles. The fourth-order valence-corrected chi connectivity index (χ4v) is 2.38. The third-order valence-electron chi connectivity index (χ3n) is 2.97. The molecular weight excluding hydrogens is 280 g/mol. The topological polar surface area (TPSA) is 90.7 Å². The van der Waals surface area contributed by atoms with Crippen LogP contribution in [0.25, 0.3) is 0 Å². The Morgan fingerprint density at radius 1 is 1.15 bits per heavy atom. The van der Waals surface area contributed by atoms with Gasteiger partial charge in [0.2, 0.25) is 10.0 Å². The van der Waals surface area contributed by atoms with Gasteiger partial charge in [0.25, 0.3) is 0 Å². The number of hydrogen-bond acceptors (Lipinski definition) is 5. The molecule has 2 rings (SSSR count). The average Bonchev–Trinajstić information content (AvgIpc) is 2.52. The number of benzene rings is 1. The molecule has 0 amide bonds. The van der Waals surface area contributed by atoms with Crippen molar-refractivity contribution in [3.8, 4) is 11.5 Å². The molecule has 7 heteroatoms. The van der Waals surface area contributed by atoms with Crippen LogP contribution in [0.15, 0.2) is 12.1 Å². The lowest BCUT2D eigenvalue weighted by Crippen LogP contribution is -2.33. The Labute approximate surface area is 119 Å². The lowest BCUT2D eigenvalue weighted by atomic mass is 10.2. The lowest BCUT2D eigenvalue weighted by Gasteiger charge is -2.21. The number of rotatable bonds is 2. The normalized spacial score (nSPS) is 15.6. The van der Waals surface area contributed by atoms with Crippen molar-refractivity contribution in [3.05, 3.63) is 12.1 Å². The van der Waals surface area contributed by atoms with Crippen molar-refractivity contribution in [2.24, 2.45) is 0 Å². The van der Waals surface area contributed by atoms with Crippen molar-refractivity contribution >= 4 is 21.4 Å². The standard InChI is InChI=1S/C13H20N2O4S/c1-13(2,3)20(16,17)15-10-8-12-11(7-9(10)14)18-5-4-6-19-12/h7-8,15H,4-6,14H2,1-3H3. The Bertz CT molecular complexity index is 606. The molecule has 1 aliphatic rings. The highest BCUT2D eigenvalue weighted by atomic mass is 32.2. The van der Waals surface area contributed by atoms with Crippen LogP contribution in [0.5, 0.6) is 11.5 Å². The Balaban J connectivity index is 2.37. The van der Waals surface area contributed by atoms with E-state index in [-0.39, 0.29) is 0 Å². The van der Waals surface area contributed by atoms with E-state index >= 15 is 0 Å². The van der Waals surface area contributed by atoms with E-state index in [1.54, 1.807) is 32.9 Å². The number of hydrogen-bond donors (Lipinski definition) is 2. The monoisotopic (exact) mass is 300 g/mol. The van der Waals surface area contributed by atoms with Gasteiger partial charge in [-0.1, -0.05) is 0 Å². The van der Waals surface area contributed by atoms with Gasteiger partial charge < -0.3 is 15.2 Å². The molecular formula is C13H20N2O4S. The molecule has 0 spiro atoms. The summed E-state index contributed by atoms with van der Waals surface area (Å²) in [5.74, 6) is 1.04. The number of fused-ring (bicyclic) bond motifs is 1. The number of anilines is 2. The van der Waals surface area contributed by atoms with E-state index < -0.39 is 14.8 Å². The third-order valence-corrected chi connectivity index (χ3v) is 5.07. The maximum Gasteiger partial charge on any atom is 0.237 e. The first-order valence-electron chi connectivity index (χ1n) is 6.42. The predicted octanol–water partition coefficient (Wildman–Crippen LogP) is 1.97. The summed E-state index contributed by atoms with van der Waals surface area (Å²) >= 11 is 0. The van der Waals surface area contributed by atoms with Gasteiger partial charge in [-0.3, -0.25) is 4.72 Å². The Hall–Kier alpha value is -1.63. The van der Waals surface area contributed by atoms with Crippen LogP contribution < -0.4 is 19.9 Å². The van der Waals surface area contributed by atoms with Gasteiger partial charge in [0.15, 0.2) is 11.5 Å². The quantitative estimate of drug-likeness (QED) is 0.815. The molecule has 0 saturated carbocycles. The van der Waals surface area contributed by atoms with Crippen molar-refractivity contribution in [2.75, 3.05) is 23.7 Å². The molecule has 0 unspecified atom stereocenters. The first-order chi connectivity index (χ1) is 9.21. The van der Waals surface area contributed by atoms with Crippen molar-refractivity contribution < 1.29 is 17.9 Å². The molecule has 0 bridgehead atoms. The minimum absolute atomic E-state index is 0.307. The second-order valence-electron chi connectivity index (χ2n) is 5.65. The highest BCUT2D eigenvalue weighted by molar-refractivity contribution is 7.94. The highest BCUT2D eigenvalue weighted by Gasteiger charge is 2.30. The second-order valence-corrected chi connectivity index (χ2v) is 8.09. The molecule has 3 N–H and O–H groups in total. The smallest absolute Gasteiger partial charge is 0.237 e. The Kier molecular flexibility index (Phi) is 3.73. The molecule has 112 valence electrons. The van der Waals surface area contributed by atoms with E-state index in [0.29, 0.717) is 36.1 Å². The van der Waals surface area contributed by atoms with E-state index in [4.69, 9.17) is 15.2 Å². The minimum atomic E-state index is -3.54. The van der Waals surface area contributed by atoms with Crippen LogP contribution in [-0.4, -0.2) is 26.4 Å². The van der Waals surface area contributed by atoms with E-state index in [1.165, 1.54) is 0 Å². The zero-order valence-electron chi connectivity index (χ0n) is 11.9. The maximum absolute atomic E-state index is 12.2. The number of ether oxygens (including phenoxy) is 2. The van der Waals surface area contributed by atoms with Gasteiger partial charge in [-0.25, -0.2) is 8.42 Å². The van der Waals surface area contributed by atoms with Crippen LogP contribution >= 0.6 is 0 Å². The van der Waals surface area contributed by atoms with Crippen LogP contribution in [0.1, 0.15) is 27.2 Å². The molecule has 0 radical (unpaired) electrons. The van der Waals surface area contributed by atoms with E-state index in [1.807, 2.05) is 0 Å². The van der Waals surface area contributed by atoms with Crippen molar-refractivity contribution in [1.82, 2.24) is 0 Å². The summed E-state index contributed by atoms with van der Waals surface area (Å²) in [5.41, 5.74) is 6.50. The Morgan fingerprint density at radius 3 is 2.25 bits per heavy atom. The van der Waals surface area contributed by atoms with Crippen molar-refractivity contribution in [3.63, 3.8) is 0 Å². The zero-order valence-corrected chi connectivity index (χ0v) is 12.7. The molecule has 0 aromatic heterocycles. The minimum Gasteiger partial charge on any atom is -0.489 e. The second kappa shape index (κ2) is 5.05. The first-order valence-corrected chi connectivity index (χ1v) is 7.90. The van der Waals surface area contributed by atoms with Gasteiger partial charge in [-0.2, -0.15) is 0 Å². The number of sulfonamides is 1. The number of nitrogen functional groups attached to an aromatic ring is 1. The molecule has 0 aliphatic carbocycles. The zero-order chi connectivity index (χ0) is 15.0. The molecule has 0 fully saturated rings. The van der Waals surface area contributed by atoms with Crippen molar-refractivity contribution in [2.45, 2.75) is 31.9 Å². The maximum atomic E-state index is 12.2. The van der Waals surface area contributed by atoms with Crippen LogP contribution in [0.4, 0.5) is 11.4 Å². The molecule has 0 saturated heterocycles. The Morgan fingerprint density at radius 2 is 1.70 bits per heavy atom. The first kappa shape index (κ1) is 14.8. The lowest BCUT2D eigenvalue weighted by molar-refractivity contribution is 0.297. The SMILES string of the molecule is CC(C)(C)S(=O)(=O)Nc1cc2c(cc1N)OCCCO2. The van der Waals surface area contributed by atoms with Gasteiger partial charge in [0.1, 0.15) is 0 Å². The van der Waals surface area contributed by atoms with Crippen LogP contribution in [0, 0.1) is 0 Å². The molecule has 20 heavy (non-hydrogen) atoms. The average molecular weight is 300 g/mol. The molecule has 6 nitrogen and oxygen atoms in total. The summed E-state index contributed by atoms with van der Waals surface area (Å²) in [6, 6.07) is 3.15. The summed E-state index contributed by atoms with van der Waals surface area (Å²) < 4.78 is 37.0. The number of nitrogens with one attached hydrogen (secondary N) is 1. The summed E-state index contributed by atoms with van der Waals surface area (Å²) in [6.07, 6.45) is 0.775. The summed E-state index contributed by atoms with van der Waals surface area (Å²) in [5, 5.41) is 0. The third kappa shape index (κ3) is 2.92. The largest absolute Gasteiger partial charge is 0.489 e. The fourth-order valence-electron chi connectivity index (χ4n) is 1.61. The van der Waals surface area contributed by atoms with Crippen molar-refractivity contribution in [1.29, 1.82) is 0 Å².